The Balaban J connectivity index is 1.74. The van der Waals surface area contributed by atoms with Gasteiger partial charge in [-0.3, -0.25) is 4.79 Å². The number of methoxy groups -OCH3 is 3. The highest BCUT2D eigenvalue weighted by Crippen LogP contribution is 2.35. The molecular formula is C25H26N2O6S. The molecule has 0 bridgehead atoms. The molecule has 0 fully saturated rings. The van der Waals surface area contributed by atoms with E-state index in [1.54, 1.807) is 37.4 Å². The van der Waals surface area contributed by atoms with Crippen LogP contribution >= 0.6 is 0 Å². The monoisotopic (exact) mass is 482 g/mol. The molecule has 3 aromatic rings. The van der Waals surface area contributed by atoms with Crippen molar-refractivity contribution in [2.75, 3.05) is 26.6 Å². The number of amides is 1. The zero-order chi connectivity index (χ0) is 24.3. The number of sulfonamides is 1. The van der Waals surface area contributed by atoms with E-state index in [0.29, 0.717) is 17.2 Å². The van der Waals surface area contributed by atoms with Crippen LogP contribution in [0.25, 0.3) is 0 Å². The fourth-order valence-electron chi connectivity index (χ4n) is 3.99. The Morgan fingerprint density at radius 3 is 2.18 bits per heavy atom. The second kappa shape index (κ2) is 9.74. The molecule has 9 heteroatoms. The van der Waals surface area contributed by atoms with Gasteiger partial charge in [-0.2, -0.15) is 4.31 Å². The molecule has 1 amide bonds. The molecule has 0 saturated carbocycles. The van der Waals surface area contributed by atoms with Crippen molar-refractivity contribution in [3.8, 4) is 17.2 Å². The minimum absolute atomic E-state index is 0.0551. The van der Waals surface area contributed by atoms with Gasteiger partial charge in [0.25, 0.3) is 0 Å². The zero-order valence-electron chi connectivity index (χ0n) is 19.1. The summed E-state index contributed by atoms with van der Waals surface area (Å²) >= 11 is 0. The van der Waals surface area contributed by atoms with Crippen LogP contribution in [-0.4, -0.2) is 46.0 Å². The number of ether oxygens (including phenoxy) is 3. The average Bonchev–Trinajstić information content (AvgIpc) is 2.87. The van der Waals surface area contributed by atoms with Gasteiger partial charge >= 0.3 is 0 Å². The highest BCUT2D eigenvalue weighted by atomic mass is 32.2. The van der Waals surface area contributed by atoms with Crippen LogP contribution in [-0.2, 0) is 27.8 Å². The molecule has 8 nitrogen and oxygen atoms in total. The molecule has 3 aromatic carbocycles. The van der Waals surface area contributed by atoms with Gasteiger partial charge in [-0.25, -0.2) is 8.42 Å². The van der Waals surface area contributed by atoms with Gasteiger partial charge in [-0.15, -0.1) is 0 Å². The number of benzene rings is 3. The average molecular weight is 483 g/mol. The van der Waals surface area contributed by atoms with E-state index in [0.717, 1.165) is 11.1 Å². The first kappa shape index (κ1) is 23.6. The van der Waals surface area contributed by atoms with Gasteiger partial charge in [0.2, 0.25) is 15.9 Å². The summed E-state index contributed by atoms with van der Waals surface area (Å²) in [5.74, 6) is 0.772. The third kappa shape index (κ3) is 4.57. The van der Waals surface area contributed by atoms with Gasteiger partial charge in [-0.1, -0.05) is 24.3 Å². The lowest BCUT2D eigenvalue weighted by molar-refractivity contribution is -0.120. The van der Waals surface area contributed by atoms with Crippen molar-refractivity contribution in [2.24, 2.45) is 0 Å². The summed E-state index contributed by atoms with van der Waals surface area (Å²) in [5, 5.41) is 2.84. The van der Waals surface area contributed by atoms with Crippen molar-refractivity contribution in [1.82, 2.24) is 4.31 Å². The fraction of sp³-hybridized carbons (Fsp3) is 0.240. The quantitative estimate of drug-likeness (QED) is 0.554. The second-order valence-corrected chi connectivity index (χ2v) is 9.63. The predicted octanol–water partition coefficient (Wildman–Crippen LogP) is 3.47. The smallest absolute Gasteiger partial charge is 0.247 e. The Labute approximate surface area is 199 Å². The Morgan fingerprint density at radius 1 is 0.882 bits per heavy atom. The standard InChI is InChI=1S/C25H26N2O6S/c1-31-20-10-8-19(9-11-20)26-25(28)22-14-17-6-4-5-7-18(17)16-27(22)34(29,30)24-15-21(32-2)12-13-23(24)33-3/h4-13,15,22H,14,16H2,1-3H3,(H,26,28). The van der Waals surface area contributed by atoms with E-state index in [1.165, 1.54) is 30.7 Å². The molecular weight excluding hydrogens is 456 g/mol. The molecule has 1 atom stereocenters. The third-order valence-corrected chi connectivity index (χ3v) is 7.70. The topological polar surface area (TPSA) is 94.2 Å². The van der Waals surface area contributed by atoms with Crippen LogP contribution in [0.5, 0.6) is 17.2 Å². The van der Waals surface area contributed by atoms with Gasteiger partial charge in [0.1, 0.15) is 28.2 Å². The van der Waals surface area contributed by atoms with Crippen LogP contribution < -0.4 is 19.5 Å². The van der Waals surface area contributed by atoms with Gasteiger partial charge in [0.15, 0.2) is 0 Å². The molecule has 1 unspecified atom stereocenters. The number of hydrogen-bond donors (Lipinski definition) is 1. The molecule has 1 N–H and O–H groups in total. The first-order chi connectivity index (χ1) is 16.4. The number of carbonyl (C=O) groups excluding carboxylic acids is 1. The Kier molecular flexibility index (Phi) is 6.76. The lowest BCUT2D eigenvalue weighted by Crippen LogP contribution is -2.50. The van der Waals surface area contributed by atoms with E-state index in [9.17, 15) is 13.2 Å². The van der Waals surface area contributed by atoms with Crippen molar-refractivity contribution in [2.45, 2.75) is 23.9 Å². The van der Waals surface area contributed by atoms with E-state index in [4.69, 9.17) is 14.2 Å². The molecule has 0 radical (unpaired) electrons. The zero-order valence-corrected chi connectivity index (χ0v) is 20.0. The van der Waals surface area contributed by atoms with Gasteiger partial charge in [0, 0.05) is 18.3 Å². The molecule has 4 rings (SSSR count). The molecule has 1 aliphatic heterocycles. The molecule has 0 aliphatic carbocycles. The maximum atomic E-state index is 13.9. The molecule has 0 spiro atoms. The summed E-state index contributed by atoms with van der Waals surface area (Å²) < 4.78 is 44.7. The highest BCUT2D eigenvalue weighted by molar-refractivity contribution is 7.89. The molecule has 0 aromatic heterocycles. The number of nitrogens with zero attached hydrogens (tertiary/aromatic N) is 1. The Hall–Kier alpha value is -3.56. The number of hydrogen-bond acceptors (Lipinski definition) is 6. The SMILES string of the molecule is COc1ccc(NC(=O)C2Cc3ccccc3CN2S(=O)(=O)c2cc(OC)ccc2OC)cc1. The molecule has 1 aliphatic rings. The van der Waals surface area contributed by atoms with E-state index in [2.05, 4.69) is 5.32 Å². The van der Waals surface area contributed by atoms with Crippen molar-refractivity contribution in [1.29, 1.82) is 0 Å². The summed E-state index contributed by atoms with van der Waals surface area (Å²) in [5.41, 5.74) is 2.32. The van der Waals surface area contributed by atoms with E-state index < -0.39 is 22.0 Å². The first-order valence-electron chi connectivity index (χ1n) is 10.6. The van der Waals surface area contributed by atoms with Gasteiger partial charge in [0.05, 0.1) is 21.3 Å². The van der Waals surface area contributed by atoms with E-state index in [1.807, 2.05) is 24.3 Å². The Bertz CT molecular complexity index is 1290. The van der Waals surface area contributed by atoms with Crippen LogP contribution in [0, 0.1) is 0 Å². The van der Waals surface area contributed by atoms with Gasteiger partial charge in [-0.05, 0) is 53.9 Å². The summed E-state index contributed by atoms with van der Waals surface area (Å²) in [6.45, 7) is 0.0551. The lowest BCUT2D eigenvalue weighted by Gasteiger charge is -2.35. The van der Waals surface area contributed by atoms with E-state index in [-0.39, 0.29) is 23.6 Å². The first-order valence-corrected chi connectivity index (χ1v) is 12.1. The van der Waals surface area contributed by atoms with Gasteiger partial charge < -0.3 is 19.5 Å². The largest absolute Gasteiger partial charge is 0.497 e. The predicted molar refractivity (Wildman–Crippen MR) is 128 cm³/mol. The highest BCUT2D eigenvalue weighted by Gasteiger charge is 2.41. The summed E-state index contributed by atoms with van der Waals surface area (Å²) in [7, 11) is 0.290. The lowest BCUT2D eigenvalue weighted by atomic mass is 9.95. The minimum atomic E-state index is -4.13. The number of rotatable bonds is 7. The molecule has 178 valence electrons. The van der Waals surface area contributed by atoms with Crippen LogP contribution in [0.15, 0.2) is 71.6 Å². The van der Waals surface area contributed by atoms with Crippen molar-refractivity contribution in [3.63, 3.8) is 0 Å². The number of carbonyl (C=O) groups is 1. The summed E-state index contributed by atoms with van der Waals surface area (Å²) in [6, 6.07) is 18.0. The maximum absolute atomic E-state index is 13.9. The maximum Gasteiger partial charge on any atom is 0.247 e. The number of nitrogens with one attached hydrogen (secondary N) is 1. The van der Waals surface area contributed by atoms with Crippen molar-refractivity contribution in [3.05, 3.63) is 77.9 Å². The molecule has 1 heterocycles. The third-order valence-electron chi connectivity index (χ3n) is 5.82. The van der Waals surface area contributed by atoms with Crippen LogP contribution in [0.1, 0.15) is 11.1 Å². The minimum Gasteiger partial charge on any atom is -0.497 e. The number of anilines is 1. The molecule has 34 heavy (non-hydrogen) atoms. The molecule has 0 saturated heterocycles. The van der Waals surface area contributed by atoms with E-state index >= 15 is 0 Å². The van der Waals surface area contributed by atoms with Crippen LogP contribution in [0.4, 0.5) is 5.69 Å². The Morgan fingerprint density at radius 2 is 1.53 bits per heavy atom. The normalized spacial score (nSPS) is 15.8. The fourth-order valence-corrected chi connectivity index (χ4v) is 5.72. The summed E-state index contributed by atoms with van der Waals surface area (Å²) in [4.78, 5) is 13.3. The van der Waals surface area contributed by atoms with Crippen molar-refractivity contribution >= 4 is 21.6 Å². The van der Waals surface area contributed by atoms with Crippen molar-refractivity contribution < 1.29 is 27.4 Å². The second-order valence-electron chi connectivity index (χ2n) is 7.77. The van der Waals surface area contributed by atoms with Crippen LogP contribution in [0.2, 0.25) is 0 Å². The number of fused-ring (bicyclic) bond motifs is 1. The van der Waals surface area contributed by atoms with Crippen LogP contribution in [0.3, 0.4) is 0 Å². The summed E-state index contributed by atoms with van der Waals surface area (Å²) in [6.07, 6.45) is 0.240.